The number of ether oxygens (including phenoxy) is 3. The molecule has 0 fully saturated rings. The van der Waals surface area contributed by atoms with Crippen LogP contribution < -0.4 is 24.8 Å². The van der Waals surface area contributed by atoms with Crippen molar-refractivity contribution in [1.29, 1.82) is 0 Å². The van der Waals surface area contributed by atoms with Crippen LogP contribution in [-0.2, 0) is 6.54 Å². The summed E-state index contributed by atoms with van der Waals surface area (Å²) in [5.74, 6) is 1.33. The molecule has 0 radical (unpaired) electrons. The standard InChI is InChI=1S/C30H35N5O6/c1-19-14-35(20(2)17-36)29(37)24-12-22(32-30(38)33-23-5-7-26-27(13-23)40-18-39-26)4-6-25(24)41-28(19)16-34(3)15-21-8-10-31-11-9-21/h4-13,19-20,28,36H,14-18H2,1-3H3,(H2,32,33,38)/t19-,20-,28+/m0/s1. The third-order valence-corrected chi connectivity index (χ3v) is 7.25. The van der Waals surface area contributed by atoms with Crippen LogP contribution in [0.25, 0.3) is 0 Å². The van der Waals surface area contributed by atoms with Gasteiger partial charge in [0.15, 0.2) is 11.5 Å². The average molecular weight is 562 g/mol. The topological polar surface area (TPSA) is 125 Å². The Hall–Kier alpha value is -4.35. The molecular weight excluding hydrogens is 526 g/mol. The predicted molar refractivity (Wildman–Crippen MR) is 153 cm³/mol. The van der Waals surface area contributed by atoms with Crippen LogP contribution >= 0.6 is 0 Å². The fraction of sp³-hybridized carbons (Fsp3) is 0.367. The first kappa shape index (κ1) is 28.2. The van der Waals surface area contributed by atoms with Gasteiger partial charge in [-0.3, -0.25) is 14.7 Å². The number of aliphatic hydroxyl groups excluding tert-OH is 1. The molecule has 2 aliphatic rings. The number of likely N-dealkylation sites (N-methyl/N-ethyl adjacent to an activating group) is 1. The number of aliphatic hydroxyl groups is 1. The van der Waals surface area contributed by atoms with Gasteiger partial charge in [-0.25, -0.2) is 4.79 Å². The maximum atomic E-state index is 13.7. The number of hydrogen-bond donors (Lipinski definition) is 3. The van der Waals surface area contributed by atoms with E-state index in [2.05, 4.69) is 27.4 Å². The van der Waals surface area contributed by atoms with E-state index in [-0.39, 0.29) is 31.3 Å². The molecule has 2 aromatic carbocycles. The molecule has 3 N–H and O–H groups in total. The van der Waals surface area contributed by atoms with Gasteiger partial charge >= 0.3 is 6.03 Å². The minimum atomic E-state index is -0.479. The normalized spacial score (nSPS) is 18.7. The Morgan fingerprint density at radius 1 is 1.07 bits per heavy atom. The van der Waals surface area contributed by atoms with Crippen LogP contribution in [0.2, 0.25) is 0 Å². The van der Waals surface area contributed by atoms with Crippen molar-refractivity contribution in [3.05, 3.63) is 72.1 Å². The van der Waals surface area contributed by atoms with Crippen molar-refractivity contribution in [2.24, 2.45) is 5.92 Å². The minimum absolute atomic E-state index is 0.00808. The van der Waals surface area contributed by atoms with Crippen molar-refractivity contribution in [1.82, 2.24) is 14.8 Å². The predicted octanol–water partition coefficient (Wildman–Crippen LogP) is 3.81. The van der Waals surface area contributed by atoms with E-state index in [0.29, 0.717) is 47.3 Å². The van der Waals surface area contributed by atoms with Gasteiger partial charge in [-0.15, -0.1) is 0 Å². The number of nitrogens with zero attached hydrogens (tertiary/aromatic N) is 3. The first-order valence-electron chi connectivity index (χ1n) is 13.6. The zero-order valence-electron chi connectivity index (χ0n) is 23.4. The van der Waals surface area contributed by atoms with Gasteiger partial charge in [-0.05, 0) is 62.0 Å². The molecule has 0 unspecified atom stereocenters. The number of amides is 3. The van der Waals surface area contributed by atoms with Gasteiger partial charge in [-0.1, -0.05) is 6.92 Å². The molecule has 3 aromatic rings. The maximum Gasteiger partial charge on any atom is 0.323 e. The highest BCUT2D eigenvalue weighted by Gasteiger charge is 2.33. The second-order valence-electron chi connectivity index (χ2n) is 10.5. The zero-order valence-corrected chi connectivity index (χ0v) is 23.4. The van der Waals surface area contributed by atoms with Crippen molar-refractivity contribution in [3.63, 3.8) is 0 Å². The summed E-state index contributed by atoms with van der Waals surface area (Å²) >= 11 is 0. The molecule has 0 spiro atoms. The lowest BCUT2D eigenvalue weighted by Crippen LogP contribution is -2.49. The number of hydrogen-bond acceptors (Lipinski definition) is 8. The van der Waals surface area contributed by atoms with Gasteiger partial charge in [0.1, 0.15) is 11.9 Å². The van der Waals surface area contributed by atoms with Gasteiger partial charge in [-0.2, -0.15) is 0 Å². The second kappa shape index (κ2) is 12.4. The van der Waals surface area contributed by atoms with Gasteiger partial charge in [0, 0.05) is 55.4 Å². The van der Waals surface area contributed by atoms with E-state index in [0.717, 1.165) is 12.1 Å². The lowest BCUT2D eigenvalue weighted by Gasteiger charge is -2.38. The van der Waals surface area contributed by atoms with Crippen molar-refractivity contribution in [2.75, 3.05) is 44.2 Å². The third-order valence-electron chi connectivity index (χ3n) is 7.25. The van der Waals surface area contributed by atoms with E-state index in [1.807, 2.05) is 26.1 Å². The summed E-state index contributed by atoms with van der Waals surface area (Å²) in [6.45, 7) is 5.60. The molecule has 2 aliphatic heterocycles. The van der Waals surface area contributed by atoms with Crippen LogP contribution in [-0.4, -0.2) is 77.5 Å². The van der Waals surface area contributed by atoms with Crippen LogP contribution in [0.3, 0.4) is 0 Å². The molecule has 1 aromatic heterocycles. The molecule has 3 atom stereocenters. The number of fused-ring (bicyclic) bond motifs is 2. The molecule has 216 valence electrons. The summed E-state index contributed by atoms with van der Waals surface area (Å²) in [5, 5.41) is 15.5. The fourth-order valence-corrected chi connectivity index (χ4v) is 4.96. The number of anilines is 2. The van der Waals surface area contributed by atoms with Crippen LogP contribution in [0.5, 0.6) is 17.2 Å². The maximum absolute atomic E-state index is 13.7. The van der Waals surface area contributed by atoms with Crippen molar-refractivity contribution >= 4 is 23.3 Å². The fourth-order valence-electron chi connectivity index (χ4n) is 4.96. The number of carbonyl (C=O) groups excluding carboxylic acids is 2. The smallest absolute Gasteiger partial charge is 0.323 e. The Morgan fingerprint density at radius 2 is 1.76 bits per heavy atom. The Bertz CT molecular complexity index is 1390. The summed E-state index contributed by atoms with van der Waals surface area (Å²) in [5.41, 5.74) is 2.42. The summed E-state index contributed by atoms with van der Waals surface area (Å²) in [6, 6.07) is 13.2. The number of carbonyl (C=O) groups is 2. The van der Waals surface area contributed by atoms with E-state index in [9.17, 15) is 14.7 Å². The zero-order chi connectivity index (χ0) is 28.9. The van der Waals surface area contributed by atoms with Crippen molar-refractivity contribution in [2.45, 2.75) is 32.5 Å². The van der Waals surface area contributed by atoms with Crippen LogP contribution in [0.1, 0.15) is 29.8 Å². The molecule has 11 nitrogen and oxygen atoms in total. The molecule has 0 bridgehead atoms. The van der Waals surface area contributed by atoms with Gasteiger partial charge < -0.3 is 34.9 Å². The van der Waals surface area contributed by atoms with Gasteiger partial charge in [0.05, 0.1) is 18.2 Å². The molecule has 5 rings (SSSR count). The highest BCUT2D eigenvalue weighted by molar-refractivity contribution is 6.02. The summed E-state index contributed by atoms with van der Waals surface area (Å²) in [6.07, 6.45) is 3.32. The van der Waals surface area contributed by atoms with Crippen LogP contribution in [0, 0.1) is 5.92 Å². The lowest BCUT2D eigenvalue weighted by molar-refractivity contribution is 0.0341. The number of rotatable bonds is 8. The molecule has 0 saturated heterocycles. The van der Waals surface area contributed by atoms with Crippen LogP contribution in [0.4, 0.5) is 16.2 Å². The Kier molecular flexibility index (Phi) is 8.55. The molecule has 0 aliphatic carbocycles. The average Bonchev–Trinajstić information content (AvgIpc) is 3.43. The molecular formula is C30H35N5O6. The van der Waals surface area contributed by atoms with E-state index in [1.165, 1.54) is 0 Å². The molecule has 41 heavy (non-hydrogen) atoms. The first-order valence-corrected chi connectivity index (χ1v) is 13.6. The minimum Gasteiger partial charge on any atom is -0.488 e. The SMILES string of the molecule is C[C@H]1CN([C@@H](C)CO)C(=O)c2cc(NC(=O)Nc3ccc4c(c3)OCO4)ccc2O[C@@H]1CN(C)Cc1ccncc1. The number of urea groups is 1. The second-order valence-corrected chi connectivity index (χ2v) is 10.5. The molecule has 3 amide bonds. The highest BCUT2D eigenvalue weighted by atomic mass is 16.7. The monoisotopic (exact) mass is 561 g/mol. The number of nitrogens with one attached hydrogen (secondary N) is 2. The van der Waals surface area contributed by atoms with E-state index in [4.69, 9.17) is 14.2 Å². The Morgan fingerprint density at radius 3 is 2.49 bits per heavy atom. The van der Waals surface area contributed by atoms with Crippen LogP contribution in [0.15, 0.2) is 60.9 Å². The molecule has 0 saturated carbocycles. The number of pyridine rings is 1. The van der Waals surface area contributed by atoms with E-state index < -0.39 is 12.1 Å². The van der Waals surface area contributed by atoms with Crippen molar-refractivity contribution < 1.29 is 28.9 Å². The highest BCUT2D eigenvalue weighted by Crippen LogP contribution is 2.34. The summed E-state index contributed by atoms with van der Waals surface area (Å²) in [4.78, 5) is 34.4. The third kappa shape index (κ3) is 6.69. The van der Waals surface area contributed by atoms with Gasteiger partial charge in [0.25, 0.3) is 5.91 Å². The summed E-state index contributed by atoms with van der Waals surface area (Å²) in [7, 11) is 2.03. The van der Waals surface area contributed by atoms with E-state index in [1.54, 1.807) is 53.7 Å². The Labute approximate surface area is 239 Å². The largest absolute Gasteiger partial charge is 0.488 e. The van der Waals surface area contributed by atoms with Crippen molar-refractivity contribution in [3.8, 4) is 17.2 Å². The quantitative estimate of drug-likeness (QED) is 0.379. The molecule has 3 heterocycles. The first-order chi connectivity index (χ1) is 19.8. The van der Waals surface area contributed by atoms with Gasteiger partial charge in [0.2, 0.25) is 6.79 Å². The Balaban J connectivity index is 1.34. The number of aromatic nitrogens is 1. The molecule has 11 heteroatoms. The lowest BCUT2D eigenvalue weighted by atomic mass is 9.99. The number of benzene rings is 2. The summed E-state index contributed by atoms with van der Waals surface area (Å²) < 4.78 is 17.2. The van der Waals surface area contributed by atoms with E-state index >= 15 is 0 Å².